The van der Waals surface area contributed by atoms with Gasteiger partial charge < -0.3 is 15.0 Å². The zero-order valence-electron chi connectivity index (χ0n) is 11.4. The van der Waals surface area contributed by atoms with Crippen molar-refractivity contribution in [2.24, 2.45) is 0 Å². The Morgan fingerprint density at radius 1 is 1.56 bits per heavy atom. The van der Waals surface area contributed by atoms with Crippen molar-refractivity contribution in [3.8, 4) is 0 Å². The van der Waals surface area contributed by atoms with Gasteiger partial charge in [0.15, 0.2) is 0 Å². The lowest BCUT2D eigenvalue weighted by atomic mass is 10.1. The molecular formula is C13H22N4O. The van der Waals surface area contributed by atoms with Crippen LogP contribution in [0.25, 0.3) is 0 Å². The lowest BCUT2D eigenvalue weighted by Crippen LogP contribution is -2.38. The largest absolute Gasteiger partial charge is 0.376 e. The molecule has 5 nitrogen and oxygen atoms in total. The van der Waals surface area contributed by atoms with Crippen LogP contribution >= 0.6 is 0 Å². The third-order valence-electron chi connectivity index (χ3n) is 3.50. The Labute approximate surface area is 109 Å². The molecule has 5 heteroatoms. The molecule has 2 atom stereocenters. The van der Waals surface area contributed by atoms with Gasteiger partial charge in [-0.25, -0.2) is 9.97 Å². The molecule has 0 saturated carbocycles. The van der Waals surface area contributed by atoms with Gasteiger partial charge in [0, 0.05) is 32.0 Å². The maximum absolute atomic E-state index is 5.63. The van der Waals surface area contributed by atoms with Gasteiger partial charge in [0.1, 0.15) is 12.1 Å². The Balaban J connectivity index is 2.15. The quantitative estimate of drug-likeness (QED) is 0.851. The summed E-state index contributed by atoms with van der Waals surface area (Å²) in [6.07, 6.45) is 4.82. The molecule has 1 aliphatic rings. The summed E-state index contributed by atoms with van der Waals surface area (Å²) < 4.78 is 5.63. The lowest BCUT2D eigenvalue weighted by Gasteiger charge is -2.29. The van der Waals surface area contributed by atoms with E-state index in [-0.39, 0.29) is 6.10 Å². The standard InChI is InChI=1S/C13H22N4O/c1-4-14-7-11-8-15-9-16-13(11)17(3)12-5-6-18-10(12)2/h8-10,12,14H,4-7H2,1-3H3. The van der Waals surface area contributed by atoms with E-state index in [2.05, 4.69) is 41.1 Å². The van der Waals surface area contributed by atoms with Crippen molar-refractivity contribution >= 4 is 5.82 Å². The summed E-state index contributed by atoms with van der Waals surface area (Å²) >= 11 is 0. The maximum Gasteiger partial charge on any atom is 0.136 e. The number of ether oxygens (including phenoxy) is 1. The highest BCUT2D eigenvalue weighted by molar-refractivity contribution is 5.46. The third-order valence-corrected chi connectivity index (χ3v) is 3.50. The van der Waals surface area contributed by atoms with Gasteiger partial charge in [-0.15, -0.1) is 0 Å². The highest BCUT2D eigenvalue weighted by atomic mass is 16.5. The fraction of sp³-hybridized carbons (Fsp3) is 0.692. The summed E-state index contributed by atoms with van der Waals surface area (Å²) in [7, 11) is 2.09. The Morgan fingerprint density at radius 2 is 2.39 bits per heavy atom. The first-order chi connectivity index (χ1) is 8.74. The molecule has 1 aromatic rings. The van der Waals surface area contributed by atoms with Gasteiger partial charge in [0.05, 0.1) is 12.1 Å². The molecule has 1 fully saturated rings. The fourth-order valence-corrected chi connectivity index (χ4v) is 2.44. The van der Waals surface area contributed by atoms with Crippen molar-refractivity contribution in [2.45, 2.75) is 39.0 Å². The van der Waals surface area contributed by atoms with Crippen molar-refractivity contribution in [1.82, 2.24) is 15.3 Å². The second kappa shape index (κ2) is 6.11. The van der Waals surface area contributed by atoms with Gasteiger partial charge in [-0.3, -0.25) is 0 Å². The number of nitrogens with one attached hydrogen (secondary N) is 1. The van der Waals surface area contributed by atoms with Gasteiger partial charge in [0.2, 0.25) is 0 Å². The summed E-state index contributed by atoms with van der Waals surface area (Å²) in [6, 6.07) is 0.403. The average Bonchev–Trinajstić information content (AvgIpc) is 2.82. The summed E-state index contributed by atoms with van der Waals surface area (Å²) in [5.74, 6) is 1.01. The molecule has 2 unspecified atom stereocenters. The molecule has 100 valence electrons. The molecule has 1 aliphatic heterocycles. The minimum atomic E-state index is 0.261. The van der Waals surface area contributed by atoms with Crippen LogP contribution in [0.4, 0.5) is 5.82 Å². The van der Waals surface area contributed by atoms with Crippen molar-refractivity contribution < 1.29 is 4.74 Å². The van der Waals surface area contributed by atoms with E-state index in [0.29, 0.717) is 6.04 Å². The topological polar surface area (TPSA) is 50.3 Å². The molecule has 0 spiro atoms. The predicted molar refractivity (Wildman–Crippen MR) is 71.6 cm³/mol. The Kier molecular flexibility index (Phi) is 4.49. The second-order valence-electron chi connectivity index (χ2n) is 4.69. The first-order valence-electron chi connectivity index (χ1n) is 6.58. The summed E-state index contributed by atoms with van der Waals surface area (Å²) in [5.41, 5.74) is 1.14. The van der Waals surface area contributed by atoms with Crippen LogP contribution in [0.2, 0.25) is 0 Å². The molecule has 1 N–H and O–H groups in total. The number of likely N-dealkylation sites (N-methyl/N-ethyl adjacent to an activating group) is 1. The average molecular weight is 250 g/mol. The van der Waals surface area contributed by atoms with Gasteiger partial charge in [-0.05, 0) is 19.9 Å². The number of anilines is 1. The fourth-order valence-electron chi connectivity index (χ4n) is 2.44. The highest BCUT2D eigenvalue weighted by Gasteiger charge is 2.29. The van der Waals surface area contributed by atoms with E-state index in [1.54, 1.807) is 6.33 Å². The van der Waals surface area contributed by atoms with Crippen LogP contribution in [0.5, 0.6) is 0 Å². The van der Waals surface area contributed by atoms with Crippen LogP contribution in [-0.4, -0.2) is 42.3 Å². The van der Waals surface area contributed by atoms with Crippen molar-refractivity contribution in [1.29, 1.82) is 0 Å². The summed E-state index contributed by atoms with van der Waals surface area (Å²) in [6.45, 7) is 6.81. The highest BCUT2D eigenvalue weighted by Crippen LogP contribution is 2.24. The zero-order chi connectivity index (χ0) is 13.0. The van der Waals surface area contributed by atoms with E-state index in [0.717, 1.165) is 37.5 Å². The Bertz CT molecular complexity index is 385. The van der Waals surface area contributed by atoms with Gasteiger partial charge >= 0.3 is 0 Å². The molecular weight excluding hydrogens is 228 g/mol. The molecule has 0 radical (unpaired) electrons. The van der Waals surface area contributed by atoms with Gasteiger partial charge in [-0.1, -0.05) is 6.92 Å². The first kappa shape index (κ1) is 13.2. The number of hydrogen-bond acceptors (Lipinski definition) is 5. The van der Waals surface area contributed by atoms with Crippen LogP contribution in [0.15, 0.2) is 12.5 Å². The predicted octanol–water partition coefficient (Wildman–Crippen LogP) is 1.20. The lowest BCUT2D eigenvalue weighted by molar-refractivity contribution is 0.118. The Morgan fingerprint density at radius 3 is 3.06 bits per heavy atom. The SMILES string of the molecule is CCNCc1cncnc1N(C)C1CCOC1C. The minimum Gasteiger partial charge on any atom is -0.376 e. The van der Waals surface area contributed by atoms with Gasteiger partial charge in [0.25, 0.3) is 0 Å². The van der Waals surface area contributed by atoms with E-state index >= 15 is 0 Å². The molecule has 0 bridgehead atoms. The smallest absolute Gasteiger partial charge is 0.136 e. The minimum absolute atomic E-state index is 0.261. The molecule has 18 heavy (non-hydrogen) atoms. The monoisotopic (exact) mass is 250 g/mol. The van der Waals surface area contributed by atoms with Crippen LogP contribution in [0.3, 0.4) is 0 Å². The van der Waals surface area contributed by atoms with E-state index < -0.39 is 0 Å². The maximum atomic E-state index is 5.63. The van der Waals surface area contributed by atoms with Crippen molar-refractivity contribution in [3.63, 3.8) is 0 Å². The van der Waals surface area contributed by atoms with E-state index in [1.807, 2.05) is 6.20 Å². The normalized spacial score (nSPS) is 23.3. The van der Waals surface area contributed by atoms with Crippen molar-refractivity contribution in [2.75, 3.05) is 25.1 Å². The molecule has 1 saturated heterocycles. The molecule has 0 amide bonds. The molecule has 2 heterocycles. The van der Waals surface area contributed by atoms with E-state index in [4.69, 9.17) is 4.74 Å². The van der Waals surface area contributed by atoms with Crippen LogP contribution in [-0.2, 0) is 11.3 Å². The van der Waals surface area contributed by atoms with Crippen LogP contribution < -0.4 is 10.2 Å². The number of rotatable bonds is 5. The summed E-state index contributed by atoms with van der Waals surface area (Å²) in [4.78, 5) is 10.8. The molecule has 0 aromatic carbocycles. The van der Waals surface area contributed by atoms with E-state index in [1.165, 1.54) is 0 Å². The molecule has 2 rings (SSSR count). The molecule has 0 aliphatic carbocycles. The number of nitrogens with zero attached hydrogens (tertiary/aromatic N) is 3. The third kappa shape index (κ3) is 2.79. The van der Waals surface area contributed by atoms with Crippen LogP contribution in [0.1, 0.15) is 25.8 Å². The molecule has 1 aromatic heterocycles. The summed E-state index contributed by atoms with van der Waals surface area (Å²) in [5, 5.41) is 3.32. The van der Waals surface area contributed by atoms with Crippen molar-refractivity contribution in [3.05, 3.63) is 18.1 Å². The van der Waals surface area contributed by atoms with Gasteiger partial charge in [-0.2, -0.15) is 0 Å². The second-order valence-corrected chi connectivity index (χ2v) is 4.69. The first-order valence-corrected chi connectivity index (χ1v) is 6.58. The zero-order valence-corrected chi connectivity index (χ0v) is 11.4. The van der Waals surface area contributed by atoms with Crippen LogP contribution in [0, 0.1) is 0 Å². The number of hydrogen-bond donors (Lipinski definition) is 1. The van der Waals surface area contributed by atoms with E-state index in [9.17, 15) is 0 Å². The Hall–Kier alpha value is -1.20. The number of aromatic nitrogens is 2.